The maximum atomic E-state index is 11.6. The van der Waals surface area contributed by atoms with Crippen molar-refractivity contribution in [1.82, 2.24) is 5.32 Å². The van der Waals surface area contributed by atoms with Gasteiger partial charge in [0.25, 0.3) is 11.6 Å². The molecule has 1 aromatic carbocycles. The number of nitrogens with one attached hydrogen (secondary N) is 1. The van der Waals surface area contributed by atoms with Crippen LogP contribution in [0.5, 0.6) is 0 Å². The summed E-state index contributed by atoms with van der Waals surface area (Å²) in [6.07, 6.45) is 2.23. The second kappa shape index (κ2) is 6.90. The summed E-state index contributed by atoms with van der Waals surface area (Å²) in [5.41, 5.74) is 0.151. The average Bonchev–Trinajstić information content (AvgIpc) is 2.39. The summed E-state index contributed by atoms with van der Waals surface area (Å²) >= 11 is 0. The van der Waals surface area contributed by atoms with Gasteiger partial charge in [0.15, 0.2) is 0 Å². The number of nitrogens with zero attached hydrogens (tertiary/aromatic N) is 1. The Bertz CT molecular complexity index is 507. The van der Waals surface area contributed by atoms with Gasteiger partial charge in [-0.25, -0.2) is 4.79 Å². The minimum absolute atomic E-state index is 0.0985. The van der Waals surface area contributed by atoms with Crippen molar-refractivity contribution in [2.45, 2.75) is 6.92 Å². The summed E-state index contributed by atoms with van der Waals surface area (Å²) in [4.78, 5) is 32.4. The van der Waals surface area contributed by atoms with E-state index < -0.39 is 16.8 Å². The number of hydrogen-bond donors (Lipinski definition) is 1. The molecule has 0 heterocycles. The molecule has 0 atom stereocenters. The van der Waals surface area contributed by atoms with Crippen LogP contribution in [0.2, 0.25) is 0 Å². The Morgan fingerprint density at radius 2 is 2.00 bits per heavy atom. The van der Waals surface area contributed by atoms with Gasteiger partial charge in [-0.1, -0.05) is 0 Å². The van der Waals surface area contributed by atoms with Gasteiger partial charge in [0.1, 0.15) is 0 Å². The number of ether oxygens (including phenoxy) is 1. The van der Waals surface area contributed by atoms with Crippen molar-refractivity contribution >= 4 is 17.6 Å². The second-order valence-corrected chi connectivity index (χ2v) is 3.36. The SMILES string of the molecule is CCOC(=O)/C=C\NC(=O)c1ccc([N+](=O)[O-])cc1. The summed E-state index contributed by atoms with van der Waals surface area (Å²) in [6, 6.07) is 5.10. The fourth-order valence-corrected chi connectivity index (χ4v) is 1.19. The quantitative estimate of drug-likeness (QED) is 0.375. The molecule has 19 heavy (non-hydrogen) atoms. The van der Waals surface area contributed by atoms with Gasteiger partial charge in [-0.2, -0.15) is 0 Å². The van der Waals surface area contributed by atoms with Gasteiger partial charge in [-0.05, 0) is 19.1 Å². The molecule has 100 valence electrons. The maximum absolute atomic E-state index is 11.6. The third kappa shape index (κ3) is 4.58. The molecule has 1 N–H and O–H groups in total. The zero-order chi connectivity index (χ0) is 14.3. The normalized spacial score (nSPS) is 10.2. The van der Waals surface area contributed by atoms with Crippen molar-refractivity contribution in [3.05, 3.63) is 52.2 Å². The molecule has 0 saturated carbocycles. The Kier molecular flexibility index (Phi) is 5.21. The van der Waals surface area contributed by atoms with Gasteiger partial charge < -0.3 is 10.1 Å². The highest BCUT2D eigenvalue weighted by atomic mass is 16.6. The molecule has 0 spiro atoms. The number of nitro groups is 1. The summed E-state index contributed by atoms with van der Waals surface area (Å²) in [5.74, 6) is -1.04. The van der Waals surface area contributed by atoms with E-state index in [2.05, 4.69) is 10.1 Å². The zero-order valence-corrected chi connectivity index (χ0v) is 10.2. The second-order valence-electron chi connectivity index (χ2n) is 3.36. The Morgan fingerprint density at radius 1 is 1.37 bits per heavy atom. The number of non-ortho nitro benzene ring substituents is 1. The Hall–Kier alpha value is -2.70. The van der Waals surface area contributed by atoms with E-state index in [9.17, 15) is 19.7 Å². The van der Waals surface area contributed by atoms with Crippen molar-refractivity contribution in [2.75, 3.05) is 6.61 Å². The monoisotopic (exact) mass is 264 g/mol. The van der Waals surface area contributed by atoms with Crippen LogP contribution < -0.4 is 5.32 Å². The lowest BCUT2D eigenvalue weighted by atomic mass is 10.2. The number of hydrogen-bond acceptors (Lipinski definition) is 5. The van der Waals surface area contributed by atoms with Crippen molar-refractivity contribution in [2.24, 2.45) is 0 Å². The molecular formula is C12H12N2O5. The maximum Gasteiger partial charge on any atom is 0.332 e. The van der Waals surface area contributed by atoms with Crippen molar-refractivity contribution in [3.63, 3.8) is 0 Å². The lowest BCUT2D eigenvalue weighted by Crippen LogP contribution is -2.17. The molecule has 1 amide bonds. The van der Waals surface area contributed by atoms with E-state index in [1.54, 1.807) is 6.92 Å². The van der Waals surface area contributed by atoms with Crippen molar-refractivity contribution < 1.29 is 19.2 Å². The molecule has 7 heteroatoms. The van der Waals surface area contributed by atoms with Crippen LogP contribution in [0.1, 0.15) is 17.3 Å². The van der Waals surface area contributed by atoms with Gasteiger partial charge in [-0.3, -0.25) is 14.9 Å². The van der Waals surface area contributed by atoms with Crippen LogP contribution in [0.15, 0.2) is 36.5 Å². The standard InChI is InChI=1S/C12H12N2O5/c1-2-19-11(15)7-8-13-12(16)9-3-5-10(6-4-9)14(17)18/h3-8H,2H2,1H3,(H,13,16)/b8-7-. The van der Waals surface area contributed by atoms with Crippen LogP contribution in [0.3, 0.4) is 0 Å². The lowest BCUT2D eigenvalue weighted by Gasteiger charge is -2.00. The number of rotatable bonds is 5. The van der Waals surface area contributed by atoms with E-state index in [-0.39, 0.29) is 17.9 Å². The van der Waals surface area contributed by atoms with Crippen LogP contribution in [0, 0.1) is 10.1 Å². The van der Waals surface area contributed by atoms with E-state index in [0.717, 1.165) is 12.3 Å². The molecule has 0 bridgehead atoms. The molecule has 0 radical (unpaired) electrons. The molecule has 0 fully saturated rings. The minimum Gasteiger partial charge on any atom is -0.463 e. The summed E-state index contributed by atoms with van der Waals surface area (Å²) < 4.78 is 4.62. The molecule has 0 unspecified atom stereocenters. The fraction of sp³-hybridized carbons (Fsp3) is 0.167. The van der Waals surface area contributed by atoms with E-state index in [0.29, 0.717) is 0 Å². The minimum atomic E-state index is -0.563. The van der Waals surface area contributed by atoms with Crippen molar-refractivity contribution in [3.8, 4) is 0 Å². The first-order valence-electron chi connectivity index (χ1n) is 5.43. The average molecular weight is 264 g/mol. The van der Waals surface area contributed by atoms with Gasteiger partial charge in [0, 0.05) is 30.0 Å². The first-order valence-corrected chi connectivity index (χ1v) is 5.43. The number of amides is 1. The van der Waals surface area contributed by atoms with Crippen LogP contribution >= 0.6 is 0 Å². The highest BCUT2D eigenvalue weighted by Gasteiger charge is 2.08. The first-order chi connectivity index (χ1) is 9.04. The van der Waals surface area contributed by atoms with E-state index in [1.165, 1.54) is 24.3 Å². The van der Waals surface area contributed by atoms with E-state index >= 15 is 0 Å². The molecule has 1 aromatic rings. The zero-order valence-electron chi connectivity index (χ0n) is 10.2. The number of carbonyl (C=O) groups excluding carboxylic acids is 2. The van der Waals surface area contributed by atoms with Crippen LogP contribution in [0.4, 0.5) is 5.69 Å². The van der Waals surface area contributed by atoms with Crippen LogP contribution in [-0.4, -0.2) is 23.4 Å². The van der Waals surface area contributed by atoms with Crippen LogP contribution in [-0.2, 0) is 9.53 Å². The summed E-state index contributed by atoms with van der Waals surface area (Å²) in [7, 11) is 0. The molecular weight excluding hydrogens is 252 g/mol. The molecule has 0 aliphatic carbocycles. The fourth-order valence-electron chi connectivity index (χ4n) is 1.19. The van der Waals surface area contributed by atoms with Gasteiger partial charge in [0.2, 0.25) is 0 Å². The highest BCUT2D eigenvalue weighted by Crippen LogP contribution is 2.11. The largest absolute Gasteiger partial charge is 0.463 e. The Morgan fingerprint density at radius 3 is 2.53 bits per heavy atom. The van der Waals surface area contributed by atoms with Gasteiger partial charge >= 0.3 is 5.97 Å². The number of carbonyl (C=O) groups is 2. The molecule has 1 rings (SSSR count). The first kappa shape index (κ1) is 14.4. The van der Waals surface area contributed by atoms with Crippen molar-refractivity contribution in [1.29, 1.82) is 0 Å². The van der Waals surface area contributed by atoms with Crippen LogP contribution in [0.25, 0.3) is 0 Å². The lowest BCUT2D eigenvalue weighted by molar-refractivity contribution is -0.384. The summed E-state index contributed by atoms with van der Waals surface area (Å²) in [5, 5.41) is 12.8. The summed E-state index contributed by atoms with van der Waals surface area (Å²) in [6.45, 7) is 1.92. The molecule has 0 aliphatic rings. The third-order valence-electron chi connectivity index (χ3n) is 2.06. The molecule has 0 aromatic heterocycles. The molecule has 7 nitrogen and oxygen atoms in total. The Labute approximate surface area is 109 Å². The molecule has 0 saturated heterocycles. The van der Waals surface area contributed by atoms with E-state index in [4.69, 9.17) is 0 Å². The Balaban J connectivity index is 2.59. The van der Waals surface area contributed by atoms with Gasteiger partial charge in [0.05, 0.1) is 11.5 Å². The smallest absolute Gasteiger partial charge is 0.332 e. The number of esters is 1. The van der Waals surface area contributed by atoms with Gasteiger partial charge in [-0.15, -0.1) is 0 Å². The molecule has 0 aliphatic heterocycles. The van der Waals surface area contributed by atoms with E-state index in [1.807, 2.05) is 0 Å². The predicted molar refractivity (Wildman–Crippen MR) is 66.3 cm³/mol. The topological polar surface area (TPSA) is 98.5 Å². The number of benzene rings is 1. The highest BCUT2D eigenvalue weighted by molar-refractivity contribution is 5.95. The predicted octanol–water partition coefficient (Wildman–Crippen LogP) is 1.40. The number of nitro benzene ring substituents is 1. The third-order valence-corrected chi connectivity index (χ3v) is 2.06.